The molecule has 4 rings (SSSR count). The van der Waals surface area contributed by atoms with Crippen molar-refractivity contribution >= 4 is 17.4 Å². The summed E-state index contributed by atoms with van der Waals surface area (Å²) in [5.41, 5.74) is 3.72. The van der Waals surface area contributed by atoms with Crippen molar-refractivity contribution in [2.75, 3.05) is 26.5 Å². The molecular formula is C26H26N2O4. The molecule has 0 radical (unpaired) electrons. The van der Waals surface area contributed by atoms with Gasteiger partial charge in [0, 0.05) is 12.2 Å². The number of Topliss-reactive ketones (excluding diaryl/α,β-unsaturated/α-hetero) is 1. The van der Waals surface area contributed by atoms with Crippen molar-refractivity contribution in [2.45, 2.75) is 18.5 Å². The van der Waals surface area contributed by atoms with Crippen LogP contribution in [0.25, 0.3) is 0 Å². The minimum absolute atomic E-state index is 0.0123. The average molecular weight is 431 g/mol. The van der Waals surface area contributed by atoms with Crippen LogP contribution in [0, 0.1) is 0 Å². The Bertz CT molecular complexity index is 1140. The Balaban J connectivity index is 1.81. The van der Waals surface area contributed by atoms with E-state index >= 15 is 0 Å². The zero-order valence-corrected chi connectivity index (χ0v) is 18.3. The smallest absolute Gasteiger partial charge is 0.336 e. The van der Waals surface area contributed by atoms with Crippen LogP contribution in [0.15, 0.2) is 66.7 Å². The maximum absolute atomic E-state index is 13.8. The fraction of sp³-hybridized carbons (Fsp3) is 0.231. The van der Waals surface area contributed by atoms with Crippen LogP contribution in [0.5, 0.6) is 5.75 Å². The Labute approximate surface area is 187 Å². The second kappa shape index (κ2) is 8.85. The molecule has 1 heterocycles. The molecule has 0 spiro atoms. The van der Waals surface area contributed by atoms with Crippen LogP contribution in [0.3, 0.4) is 0 Å². The Morgan fingerprint density at radius 3 is 2.25 bits per heavy atom. The Morgan fingerprint density at radius 2 is 1.66 bits per heavy atom. The molecule has 3 aromatic carbocycles. The first kappa shape index (κ1) is 21.6. The predicted molar refractivity (Wildman–Crippen MR) is 124 cm³/mol. The van der Waals surface area contributed by atoms with Crippen LogP contribution in [0.2, 0.25) is 0 Å². The van der Waals surface area contributed by atoms with Gasteiger partial charge in [0.25, 0.3) is 0 Å². The number of nitrogens with zero attached hydrogens (tertiary/aromatic N) is 1. The molecule has 0 saturated carbocycles. The van der Waals surface area contributed by atoms with Crippen LogP contribution >= 0.6 is 0 Å². The second-order valence-electron chi connectivity index (χ2n) is 8.25. The van der Waals surface area contributed by atoms with Gasteiger partial charge in [-0.2, -0.15) is 0 Å². The largest absolute Gasteiger partial charge is 0.497 e. The molecule has 0 fully saturated rings. The topological polar surface area (TPSA) is 78.9 Å². The number of carboxylic acids is 1. The summed E-state index contributed by atoms with van der Waals surface area (Å²) in [5, 5.41) is 13.1. The maximum atomic E-state index is 13.8. The minimum Gasteiger partial charge on any atom is -0.497 e. The first-order valence-electron chi connectivity index (χ1n) is 10.4. The van der Waals surface area contributed by atoms with Crippen molar-refractivity contribution in [1.29, 1.82) is 0 Å². The van der Waals surface area contributed by atoms with E-state index in [1.54, 1.807) is 19.2 Å². The van der Waals surface area contributed by atoms with Gasteiger partial charge in [-0.05, 0) is 55.1 Å². The predicted octanol–water partition coefficient (Wildman–Crippen LogP) is 4.59. The van der Waals surface area contributed by atoms with E-state index in [1.807, 2.05) is 50.5 Å². The Kier molecular flexibility index (Phi) is 5.97. The summed E-state index contributed by atoms with van der Waals surface area (Å²) >= 11 is 0. The average Bonchev–Trinajstić information content (AvgIpc) is 2.79. The van der Waals surface area contributed by atoms with Crippen molar-refractivity contribution in [1.82, 2.24) is 4.90 Å². The number of carboxylic acid groups (broad SMARTS) is 1. The van der Waals surface area contributed by atoms with Gasteiger partial charge in [-0.15, -0.1) is 0 Å². The molecular weight excluding hydrogens is 404 g/mol. The number of carbonyl (C=O) groups is 2. The Morgan fingerprint density at radius 1 is 1.00 bits per heavy atom. The number of methoxy groups -OCH3 is 1. The van der Waals surface area contributed by atoms with Gasteiger partial charge in [0.15, 0.2) is 5.78 Å². The molecule has 164 valence electrons. The van der Waals surface area contributed by atoms with Gasteiger partial charge in [-0.25, -0.2) is 4.79 Å². The summed E-state index contributed by atoms with van der Waals surface area (Å²) in [6.07, 6.45) is 0. The highest BCUT2D eigenvalue weighted by atomic mass is 16.5. The fourth-order valence-corrected chi connectivity index (χ4v) is 4.30. The monoisotopic (exact) mass is 430 g/mol. The van der Waals surface area contributed by atoms with Crippen molar-refractivity contribution in [3.05, 3.63) is 94.5 Å². The van der Waals surface area contributed by atoms with Crippen molar-refractivity contribution < 1.29 is 19.4 Å². The van der Waals surface area contributed by atoms with E-state index in [0.717, 1.165) is 17.7 Å². The van der Waals surface area contributed by atoms with Crippen molar-refractivity contribution in [3.8, 4) is 5.75 Å². The lowest BCUT2D eigenvalue weighted by molar-refractivity contribution is 0.0690. The number of hydrogen-bond acceptors (Lipinski definition) is 5. The third kappa shape index (κ3) is 4.09. The molecule has 0 aliphatic carbocycles. The summed E-state index contributed by atoms with van der Waals surface area (Å²) in [6, 6.07) is 20.1. The third-order valence-electron chi connectivity index (χ3n) is 5.78. The number of carbonyl (C=O) groups excluding carboxylic acids is 1. The SMILES string of the molecule is COc1ccc(C2C(=O)c3c(cccc3C(=O)O)NC2c2ccc(CN(C)C)cc2)cc1. The molecule has 2 atom stereocenters. The lowest BCUT2D eigenvalue weighted by Crippen LogP contribution is -2.33. The van der Waals surface area contributed by atoms with Gasteiger partial charge in [0.1, 0.15) is 5.75 Å². The highest BCUT2D eigenvalue weighted by molar-refractivity contribution is 6.14. The molecule has 1 aliphatic rings. The van der Waals surface area contributed by atoms with Crippen LogP contribution in [0.4, 0.5) is 5.69 Å². The summed E-state index contributed by atoms with van der Waals surface area (Å²) in [6.45, 7) is 0.823. The zero-order valence-electron chi connectivity index (χ0n) is 18.3. The number of nitrogens with one attached hydrogen (secondary N) is 1. The van der Waals surface area contributed by atoms with Gasteiger partial charge < -0.3 is 20.1 Å². The maximum Gasteiger partial charge on any atom is 0.336 e. The number of aromatic carboxylic acids is 1. The summed E-state index contributed by atoms with van der Waals surface area (Å²) in [5.74, 6) is -1.20. The number of rotatable bonds is 6. The zero-order chi connectivity index (χ0) is 22.8. The van der Waals surface area contributed by atoms with Crippen LogP contribution < -0.4 is 10.1 Å². The van der Waals surface area contributed by atoms with Crippen molar-refractivity contribution in [2.24, 2.45) is 0 Å². The van der Waals surface area contributed by atoms with Crippen LogP contribution in [0.1, 0.15) is 49.4 Å². The molecule has 3 aromatic rings. The highest BCUT2D eigenvalue weighted by Crippen LogP contribution is 2.43. The molecule has 2 N–H and O–H groups in total. The van der Waals surface area contributed by atoms with Gasteiger partial charge in [-0.3, -0.25) is 4.79 Å². The first-order valence-corrected chi connectivity index (χ1v) is 10.4. The lowest BCUT2D eigenvalue weighted by Gasteiger charge is -2.35. The molecule has 0 saturated heterocycles. The van der Waals surface area contributed by atoms with Gasteiger partial charge >= 0.3 is 5.97 Å². The van der Waals surface area contributed by atoms with Gasteiger partial charge in [0.05, 0.1) is 30.2 Å². The van der Waals surface area contributed by atoms with Gasteiger partial charge in [0.2, 0.25) is 0 Å². The number of fused-ring (bicyclic) bond motifs is 1. The standard InChI is InChI=1S/C26H26N2O4/c1-28(2)15-16-7-9-18(10-8-16)24-22(17-11-13-19(32-3)14-12-17)25(29)23-20(26(30)31)5-4-6-21(23)27-24/h4-14,22,24,27H,15H2,1-3H3,(H,30,31). The fourth-order valence-electron chi connectivity index (χ4n) is 4.30. The quantitative estimate of drug-likeness (QED) is 0.596. The molecule has 0 amide bonds. The van der Waals surface area contributed by atoms with Crippen LogP contribution in [-0.2, 0) is 6.54 Å². The van der Waals surface area contributed by atoms with E-state index in [9.17, 15) is 14.7 Å². The van der Waals surface area contributed by atoms with E-state index < -0.39 is 11.9 Å². The third-order valence-corrected chi connectivity index (χ3v) is 5.78. The van der Waals surface area contributed by atoms with E-state index in [2.05, 4.69) is 22.3 Å². The van der Waals surface area contributed by atoms with Gasteiger partial charge in [-0.1, -0.05) is 42.5 Å². The second-order valence-corrected chi connectivity index (χ2v) is 8.25. The van der Waals surface area contributed by atoms with Crippen molar-refractivity contribution in [3.63, 3.8) is 0 Å². The summed E-state index contributed by atoms with van der Waals surface area (Å²) in [7, 11) is 5.63. The minimum atomic E-state index is -1.11. The number of benzene rings is 3. The van der Waals surface area contributed by atoms with E-state index in [4.69, 9.17) is 4.74 Å². The molecule has 0 aromatic heterocycles. The number of hydrogen-bond donors (Lipinski definition) is 2. The van der Waals surface area contributed by atoms with E-state index in [1.165, 1.54) is 11.6 Å². The van der Waals surface area contributed by atoms with E-state index in [-0.39, 0.29) is 23.0 Å². The van der Waals surface area contributed by atoms with E-state index in [0.29, 0.717) is 11.4 Å². The molecule has 6 nitrogen and oxygen atoms in total. The summed E-state index contributed by atoms with van der Waals surface area (Å²) < 4.78 is 5.26. The lowest BCUT2D eigenvalue weighted by atomic mass is 9.77. The summed E-state index contributed by atoms with van der Waals surface area (Å²) in [4.78, 5) is 27.7. The number of ketones is 1. The number of ether oxygens (including phenoxy) is 1. The first-order chi connectivity index (χ1) is 15.4. The van der Waals surface area contributed by atoms with Crippen LogP contribution in [-0.4, -0.2) is 43.0 Å². The molecule has 32 heavy (non-hydrogen) atoms. The Hall–Kier alpha value is -3.64. The normalized spacial score (nSPS) is 17.6. The molecule has 1 aliphatic heterocycles. The highest BCUT2D eigenvalue weighted by Gasteiger charge is 2.39. The molecule has 2 unspecified atom stereocenters. The number of anilines is 1. The molecule has 0 bridgehead atoms. The molecule has 6 heteroatoms.